The van der Waals surface area contributed by atoms with E-state index in [0.717, 1.165) is 4.47 Å². The molecule has 0 radical (unpaired) electrons. The fraction of sp³-hybridized carbons (Fsp3) is 0.0714. The van der Waals surface area contributed by atoms with Gasteiger partial charge in [-0.1, -0.05) is 15.9 Å². The summed E-state index contributed by atoms with van der Waals surface area (Å²) in [6, 6.07) is 11.3. The lowest BCUT2D eigenvalue weighted by molar-refractivity contribution is 0.600. The predicted octanol–water partition coefficient (Wildman–Crippen LogP) is 3.01. The van der Waals surface area contributed by atoms with Gasteiger partial charge in [-0.05, 0) is 48.9 Å². The number of sulfonamides is 1. The summed E-state index contributed by atoms with van der Waals surface area (Å²) in [6.45, 7) is 1.64. The van der Waals surface area contributed by atoms with Crippen LogP contribution in [0.2, 0.25) is 0 Å². The zero-order valence-electron chi connectivity index (χ0n) is 11.1. The molecular formula is C14H12BrN3O2S. The highest BCUT2D eigenvalue weighted by atomic mass is 79.9. The maximum absolute atomic E-state index is 12.4. The van der Waals surface area contributed by atoms with Crippen molar-refractivity contribution in [2.75, 3.05) is 10.5 Å². The maximum atomic E-state index is 12.4. The van der Waals surface area contributed by atoms with E-state index in [1.165, 1.54) is 18.2 Å². The molecule has 0 aliphatic carbocycles. The molecule has 5 nitrogen and oxygen atoms in total. The summed E-state index contributed by atoms with van der Waals surface area (Å²) in [6.07, 6.45) is 0. The van der Waals surface area contributed by atoms with Gasteiger partial charge >= 0.3 is 0 Å². The van der Waals surface area contributed by atoms with Gasteiger partial charge in [0.2, 0.25) is 0 Å². The Balaban J connectivity index is 2.41. The van der Waals surface area contributed by atoms with Gasteiger partial charge in [-0.25, -0.2) is 8.42 Å². The molecular weight excluding hydrogens is 354 g/mol. The van der Waals surface area contributed by atoms with Crippen LogP contribution in [0, 0.1) is 18.3 Å². The number of nitrogens with zero attached hydrogens (tertiary/aromatic N) is 1. The molecule has 3 N–H and O–H groups in total. The number of nitrogen functional groups attached to an aromatic ring is 1. The predicted molar refractivity (Wildman–Crippen MR) is 85.3 cm³/mol. The molecule has 0 fully saturated rings. The summed E-state index contributed by atoms with van der Waals surface area (Å²) in [5, 5.41) is 8.82. The monoisotopic (exact) mass is 365 g/mol. The number of nitrogens with one attached hydrogen (secondary N) is 1. The van der Waals surface area contributed by atoms with Gasteiger partial charge in [0.25, 0.3) is 10.0 Å². The zero-order valence-corrected chi connectivity index (χ0v) is 13.5. The van der Waals surface area contributed by atoms with Gasteiger partial charge in [-0.3, -0.25) is 4.72 Å². The normalized spacial score (nSPS) is 10.9. The minimum absolute atomic E-state index is 0.115. The van der Waals surface area contributed by atoms with E-state index < -0.39 is 10.0 Å². The molecule has 0 bridgehead atoms. The number of hydrogen-bond donors (Lipinski definition) is 2. The number of halogens is 1. The lowest BCUT2D eigenvalue weighted by atomic mass is 10.2. The van der Waals surface area contributed by atoms with Crippen LogP contribution in [0.5, 0.6) is 0 Å². The molecule has 0 atom stereocenters. The van der Waals surface area contributed by atoms with Crippen molar-refractivity contribution in [2.24, 2.45) is 0 Å². The second-order valence-corrected chi connectivity index (χ2v) is 7.00. The molecule has 108 valence electrons. The summed E-state index contributed by atoms with van der Waals surface area (Å²) in [4.78, 5) is 0.115. The van der Waals surface area contributed by atoms with E-state index in [4.69, 9.17) is 11.0 Å². The van der Waals surface area contributed by atoms with Gasteiger partial charge < -0.3 is 5.73 Å². The Morgan fingerprint density at radius 1 is 1.24 bits per heavy atom. The van der Waals surface area contributed by atoms with Gasteiger partial charge in [0, 0.05) is 4.47 Å². The van der Waals surface area contributed by atoms with Gasteiger partial charge in [-0.2, -0.15) is 5.26 Å². The minimum Gasteiger partial charge on any atom is -0.397 e. The molecule has 7 heteroatoms. The number of hydrogen-bond acceptors (Lipinski definition) is 4. The van der Waals surface area contributed by atoms with E-state index in [9.17, 15) is 8.42 Å². The molecule has 0 saturated carbocycles. The number of nitrogens with two attached hydrogens (primary N) is 1. The molecule has 2 aromatic carbocycles. The van der Waals surface area contributed by atoms with Crippen molar-refractivity contribution in [3.8, 4) is 6.07 Å². The van der Waals surface area contributed by atoms with Crippen molar-refractivity contribution in [1.29, 1.82) is 5.26 Å². The van der Waals surface area contributed by atoms with Gasteiger partial charge in [0.15, 0.2) is 0 Å². The highest BCUT2D eigenvalue weighted by Crippen LogP contribution is 2.26. The van der Waals surface area contributed by atoms with Gasteiger partial charge in [0.05, 0.1) is 27.9 Å². The van der Waals surface area contributed by atoms with E-state index >= 15 is 0 Å². The Morgan fingerprint density at radius 2 is 1.95 bits per heavy atom. The summed E-state index contributed by atoms with van der Waals surface area (Å²) >= 11 is 3.26. The fourth-order valence-corrected chi connectivity index (χ4v) is 3.54. The first-order valence-electron chi connectivity index (χ1n) is 5.92. The maximum Gasteiger partial charge on any atom is 0.262 e. The first-order valence-corrected chi connectivity index (χ1v) is 8.20. The average Bonchev–Trinajstić information content (AvgIpc) is 2.41. The van der Waals surface area contributed by atoms with Crippen LogP contribution < -0.4 is 10.5 Å². The summed E-state index contributed by atoms with van der Waals surface area (Å²) in [5.41, 5.74) is 7.33. The second-order valence-electron chi connectivity index (χ2n) is 4.43. The number of benzene rings is 2. The topological polar surface area (TPSA) is 96.0 Å². The fourth-order valence-electron chi connectivity index (χ4n) is 1.85. The van der Waals surface area contributed by atoms with Crippen molar-refractivity contribution >= 4 is 37.3 Å². The molecule has 0 amide bonds. The van der Waals surface area contributed by atoms with Crippen LogP contribution in [0.4, 0.5) is 11.4 Å². The van der Waals surface area contributed by atoms with E-state index in [1.54, 1.807) is 25.1 Å². The SMILES string of the molecule is Cc1cc(C#N)ccc1S(=O)(=O)Nc1ccc(Br)cc1N. The average molecular weight is 366 g/mol. The Labute approximate surface area is 131 Å². The van der Waals surface area contributed by atoms with E-state index in [0.29, 0.717) is 22.5 Å². The van der Waals surface area contributed by atoms with E-state index in [1.807, 2.05) is 6.07 Å². The van der Waals surface area contributed by atoms with Crippen LogP contribution in [0.15, 0.2) is 45.8 Å². The highest BCUT2D eigenvalue weighted by molar-refractivity contribution is 9.10. The van der Waals surface area contributed by atoms with Crippen molar-refractivity contribution in [3.05, 3.63) is 52.0 Å². The van der Waals surface area contributed by atoms with Crippen molar-refractivity contribution < 1.29 is 8.42 Å². The van der Waals surface area contributed by atoms with Crippen LogP contribution in [0.3, 0.4) is 0 Å². The lowest BCUT2D eigenvalue weighted by Crippen LogP contribution is -2.15. The van der Waals surface area contributed by atoms with Crippen LogP contribution >= 0.6 is 15.9 Å². The summed E-state index contributed by atoms with van der Waals surface area (Å²) in [5.74, 6) is 0. The third-order valence-electron chi connectivity index (χ3n) is 2.85. The summed E-state index contributed by atoms with van der Waals surface area (Å²) in [7, 11) is -3.76. The molecule has 0 saturated heterocycles. The molecule has 0 aliphatic rings. The quantitative estimate of drug-likeness (QED) is 0.817. The van der Waals surface area contributed by atoms with Crippen LogP contribution in [0.1, 0.15) is 11.1 Å². The van der Waals surface area contributed by atoms with Crippen LogP contribution in [0.25, 0.3) is 0 Å². The minimum atomic E-state index is -3.76. The zero-order chi connectivity index (χ0) is 15.6. The molecule has 0 unspecified atom stereocenters. The summed E-state index contributed by atoms with van der Waals surface area (Å²) < 4.78 is 28.0. The first kappa shape index (κ1) is 15.4. The highest BCUT2D eigenvalue weighted by Gasteiger charge is 2.18. The van der Waals surface area contributed by atoms with Crippen molar-refractivity contribution in [1.82, 2.24) is 0 Å². The van der Waals surface area contributed by atoms with Crippen LogP contribution in [-0.4, -0.2) is 8.42 Å². The smallest absolute Gasteiger partial charge is 0.262 e. The Morgan fingerprint density at radius 3 is 2.52 bits per heavy atom. The molecule has 2 aromatic rings. The number of nitriles is 1. The van der Waals surface area contributed by atoms with Crippen LogP contribution in [-0.2, 0) is 10.0 Å². The lowest BCUT2D eigenvalue weighted by Gasteiger charge is -2.12. The molecule has 0 aromatic heterocycles. The second kappa shape index (κ2) is 5.76. The Kier molecular flexibility index (Phi) is 4.21. The van der Waals surface area contributed by atoms with Crippen molar-refractivity contribution in [2.45, 2.75) is 11.8 Å². The van der Waals surface area contributed by atoms with E-state index in [2.05, 4.69) is 20.7 Å². The standard InChI is InChI=1S/C14H12BrN3O2S/c1-9-6-10(8-16)2-5-14(9)21(19,20)18-13-4-3-11(15)7-12(13)17/h2-7,18H,17H2,1H3. The number of anilines is 2. The van der Waals surface area contributed by atoms with Gasteiger partial charge in [0.1, 0.15) is 0 Å². The molecule has 0 spiro atoms. The first-order chi connectivity index (χ1) is 9.83. The largest absolute Gasteiger partial charge is 0.397 e. The van der Waals surface area contributed by atoms with Gasteiger partial charge in [-0.15, -0.1) is 0 Å². The number of aryl methyl sites for hydroxylation is 1. The van der Waals surface area contributed by atoms with E-state index in [-0.39, 0.29) is 4.90 Å². The molecule has 21 heavy (non-hydrogen) atoms. The molecule has 2 rings (SSSR count). The molecule has 0 heterocycles. The van der Waals surface area contributed by atoms with Crippen molar-refractivity contribution in [3.63, 3.8) is 0 Å². The third-order valence-corrected chi connectivity index (χ3v) is 4.87. The Hall–Kier alpha value is -2.04. The Bertz CT molecular complexity index is 842. The third kappa shape index (κ3) is 3.35. The molecule has 0 aliphatic heterocycles. The number of rotatable bonds is 3.